The highest BCUT2D eigenvalue weighted by Crippen LogP contribution is 2.46. The van der Waals surface area contributed by atoms with E-state index in [0.717, 1.165) is 45.1 Å². The summed E-state index contributed by atoms with van der Waals surface area (Å²) < 4.78 is 0. The molecule has 6 heteroatoms. The van der Waals surface area contributed by atoms with E-state index in [1.807, 2.05) is 4.90 Å². The molecule has 0 aromatic carbocycles. The number of hydrogen-bond donors (Lipinski definition) is 2. The van der Waals surface area contributed by atoms with Crippen LogP contribution in [0.25, 0.3) is 0 Å². The number of nitrogens with one attached hydrogen (secondary N) is 1. The van der Waals surface area contributed by atoms with Gasteiger partial charge in [0.05, 0.1) is 11.8 Å². The molecule has 1 spiro atoms. The number of H-pyrrole nitrogens is 1. The average Bonchev–Trinajstić information content (AvgIpc) is 3.14. The molecule has 1 aromatic rings. The van der Waals surface area contributed by atoms with Crippen molar-refractivity contribution in [2.45, 2.75) is 38.1 Å². The Kier molecular flexibility index (Phi) is 3.89. The molecule has 1 saturated carbocycles. The summed E-state index contributed by atoms with van der Waals surface area (Å²) in [4.78, 5) is 17.0. The monoisotopic (exact) mass is 318 g/mol. The fourth-order valence-electron chi connectivity index (χ4n) is 4.63. The highest BCUT2D eigenvalue weighted by Gasteiger charge is 2.49. The molecule has 1 aromatic heterocycles. The molecular formula is C17H26N4O2. The smallest absolute Gasteiger partial charge is 0.257 e. The third-order valence-corrected chi connectivity index (χ3v) is 6.44. The number of piperidine rings is 1. The molecule has 2 aliphatic heterocycles. The summed E-state index contributed by atoms with van der Waals surface area (Å²) in [6, 6.07) is 0.744. The first-order valence-electron chi connectivity index (χ1n) is 8.85. The molecule has 3 heterocycles. The summed E-state index contributed by atoms with van der Waals surface area (Å²) in [5.41, 5.74) is 0.847. The molecular weight excluding hydrogens is 292 g/mol. The van der Waals surface area contributed by atoms with Crippen LogP contribution in [0.15, 0.2) is 12.4 Å². The van der Waals surface area contributed by atoms with Crippen molar-refractivity contribution in [1.82, 2.24) is 20.0 Å². The summed E-state index contributed by atoms with van der Waals surface area (Å²) in [5, 5.41) is 16.5. The average molecular weight is 318 g/mol. The lowest BCUT2D eigenvalue weighted by Gasteiger charge is -2.43. The molecule has 3 aliphatic rings. The molecule has 23 heavy (non-hydrogen) atoms. The Balaban J connectivity index is 1.42. The Morgan fingerprint density at radius 2 is 2.17 bits per heavy atom. The van der Waals surface area contributed by atoms with E-state index < -0.39 is 0 Å². The second kappa shape index (κ2) is 5.91. The Bertz CT molecular complexity index is 547. The van der Waals surface area contributed by atoms with E-state index in [-0.39, 0.29) is 17.9 Å². The molecule has 0 radical (unpaired) electrons. The van der Waals surface area contributed by atoms with E-state index in [4.69, 9.17) is 0 Å². The SMILES string of the molecule is O=C(c1cn[nH]c1)N1CCC2(CC1)CN(C1CCC1)CC2CO. The van der Waals surface area contributed by atoms with E-state index in [1.165, 1.54) is 19.3 Å². The molecule has 6 nitrogen and oxygen atoms in total. The van der Waals surface area contributed by atoms with Crippen molar-refractivity contribution in [2.75, 3.05) is 32.8 Å². The lowest BCUT2D eigenvalue weighted by atomic mass is 9.71. The van der Waals surface area contributed by atoms with Crippen molar-refractivity contribution in [3.8, 4) is 0 Å². The van der Waals surface area contributed by atoms with Gasteiger partial charge in [-0.05, 0) is 31.1 Å². The van der Waals surface area contributed by atoms with Crippen LogP contribution in [0, 0.1) is 11.3 Å². The zero-order valence-electron chi connectivity index (χ0n) is 13.6. The number of amides is 1. The van der Waals surface area contributed by atoms with Crippen LogP contribution >= 0.6 is 0 Å². The van der Waals surface area contributed by atoms with Gasteiger partial charge in [0, 0.05) is 50.9 Å². The van der Waals surface area contributed by atoms with E-state index in [9.17, 15) is 9.90 Å². The number of aromatic amines is 1. The van der Waals surface area contributed by atoms with Gasteiger partial charge in [0.25, 0.3) is 5.91 Å². The van der Waals surface area contributed by atoms with Gasteiger partial charge in [0.1, 0.15) is 0 Å². The van der Waals surface area contributed by atoms with Gasteiger partial charge in [-0.3, -0.25) is 14.8 Å². The normalized spacial score (nSPS) is 28.2. The number of nitrogens with zero attached hydrogens (tertiary/aromatic N) is 3. The summed E-state index contributed by atoms with van der Waals surface area (Å²) in [7, 11) is 0. The van der Waals surface area contributed by atoms with Crippen molar-refractivity contribution >= 4 is 5.91 Å². The molecule has 1 amide bonds. The number of hydrogen-bond acceptors (Lipinski definition) is 4. The molecule has 1 aliphatic carbocycles. The van der Waals surface area contributed by atoms with Gasteiger partial charge >= 0.3 is 0 Å². The second-order valence-corrected chi connectivity index (χ2v) is 7.54. The largest absolute Gasteiger partial charge is 0.396 e. The fourth-order valence-corrected chi connectivity index (χ4v) is 4.63. The van der Waals surface area contributed by atoms with Gasteiger partial charge in [0.2, 0.25) is 0 Å². The first-order valence-corrected chi connectivity index (χ1v) is 8.85. The summed E-state index contributed by atoms with van der Waals surface area (Å²) in [6.07, 6.45) is 9.26. The van der Waals surface area contributed by atoms with Gasteiger partial charge < -0.3 is 10.0 Å². The van der Waals surface area contributed by atoms with E-state index >= 15 is 0 Å². The highest BCUT2D eigenvalue weighted by atomic mass is 16.3. The van der Waals surface area contributed by atoms with Gasteiger partial charge in [-0.15, -0.1) is 0 Å². The summed E-state index contributed by atoms with van der Waals surface area (Å²) in [6.45, 7) is 4.00. The molecule has 0 bridgehead atoms. The number of aliphatic hydroxyl groups excluding tert-OH is 1. The number of aromatic nitrogens is 2. The van der Waals surface area contributed by atoms with Crippen molar-refractivity contribution in [3.63, 3.8) is 0 Å². The van der Waals surface area contributed by atoms with Crippen LogP contribution in [0.5, 0.6) is 0 Å². The summed E-state index contributed by atoms with van der Waals surface area (Å²) >= 11 is 0. The molecule has 4 rings (SSSR count). The Labute approximate surface area is 136 Å². The second-order valence-electron chi connectivity index (χ2n) is 7.54. The predicted molar refractivity (Wildman–Crippen MR) is 85.9 cm³/mol. The minimum atomic E-state index is 0.0722. The number of carbonyl (C=O) groups excluding carboxylic acids is 1. The minimum absolute atomic E-state index is 0.0722. The van der Waals surface area contributed by atoms with Gasteiger partial charge in [-0.2, -0.15) is 5.10 Å². The van der Waals surface area contributed by atoms with Crippen LogP contribution in [-0.4, -0.2) is 69.8 Å². The van der Waals surface area contributed by atoms with Crippen molar-refractivity contribution in [2.24, 2.45) is 11.3 Å². The van der Waals surface area contributed by atoms with Crippen molar-refractivity contribution < 1.29 is 9.90 Å². The third-order valence-electron chi connectivity index (χ3n) is 6.44. The predicted octanol–water partition coefficient (Wildman–Crippen LogP) is 1.11. The zero-order chi connectivity index (χ0) is 15.9. The number of likely N-dealkylation sites (tertiary alicyclic amines) is 2. The first-order chi connectivity index (χ1) is 11.2. The molecule has 126 valence electrons. The Morgan fingerprint density at radius 3 is 2.74 bits per heavy atom. The van der Waals surface area contributed by atoms with Gasteiger partial charge in [-0.25, -0.2) is 0 Å². The lowest BCUT2D eigenvalue weighted by Crippen LogP contribution is -2.47. The quantitative estimate of drug-likeness (QED) is 0.876. The fraction of sp³-hybridized carbons (Fsp3) is 0.765. The van der Waals surface area contributed by atoms with Crippen molar-refractivity contribution in [3.05, 3.63) is 18.0 Å². The van der Waals surface area contributed by atoms with Gasteiger partial charge in [-0.1, -0.05) is 6.42 Å². The first kappa shape index (κ1) is 15.1. The third kappa shape index (κ3) is 2.58. The maximum atomic E-state index is 12.4. The van der Waals surface area contributed by atoms with Crippen LogP contribution in [0.2, 0.25) is 0 Å². The van der Waals surface area contributed by atoms with Gasteiger partial charge in [0.15, 0.2) is 0 Å². The van der Waals surface area contributed by atoms with Crippen LogP contribution in [0.3, 0.4) is 0 Å². The maximum absolute atomic E-state index is 12.4. The topological polar surface area (TPSA) is 72.5 Å². The van der Waals surface area contributed by atoms with Crippen LogP contribution in [0.1, 0.15) is 42.5 Å². The van der Waals surface area contributed by atoms with Crippen molar-refractivity contribution in [1.29, 1.82) is 0 Å². The lowest BCUT2D eigenvalue weighted by molar-refractivity contribution is 0.0385. The molecule has 1 unspecified atom stereocenters. The molecule has 3 fully saturated rings. The van der Waals surface area contributed by atoms with E-state index in [1.54, 1.807) is 12.4 Å². The van der Waals surface area contributed by atoms with E-state index in [2.05, 4.69) is 15.1 Å². The highest BCUT2D eigenvalue weighted by molar-refractivity contribution is 5.93. The standard InChI is InChI=1S/C17H26N4O2/c22-11-14-10-21(15-2-1-3-15)12-17(14)4-6-20(7-5-17)16(23)13-8-18-19-9-13/h8-9,14-15,22H,1-7,10-12H2,(H,18,19). The van der Waals surface area contributed by atoms with Crippen LogP contribution < -0.4 is 0 Å². The Hall–Kier alpha value is -1.40. The molecule has 2 N–H and O–H groups in total. The zero-order valence-corrected chi connectivity index (χ0v) is 13.6. The Morgan fingerprint density at radius 1 is 1.39 bits per heavy atom. The minimum Gasteiger partial charge on any atom is -0.396 e. The number of carbonyl (C=O) groups is 1. The molecule has 1 atom stereocenters. The molecule has 2 saturated heterocycles. The summed E-state index contributed by atoms with van der Waals surface area (Å²) in [5.74, 6) is 0.442. The maximum Gasteiger partial charge on any atom is 0.257 e. The number of aliphatic hydroxyl groups is 1. The number of rotatable bonds is 3. The van der Waals surface area contributed by atoms with Crippen LogP contribution in [-0.2, 0) is 0 Å². The van der Waals surface area contributed by atoms with Crippen LogP contribution in [0.4, 0.5) is 0 Å². The van der Waals surface area contributed by atoms with E-state index in [0.29, 0.717) is 11.5 Å².